The van der Waals surface area contributed by atoms with Gasteiger partial charge < -0.3 is 4.74 Å². The van der Waals surface area contributed by atoms with Crippen molar-refractivity contribution in [3.63, 3.8) is 0 Å². The van der Waals surface area contributed by atoms with Gasteiger partial charge in [0.2, 0.25) is 0 Å². The van der Waals surface area contributed by atoms with Gasteiger partial charge >= 0.3 is 5.69 Å². The summed E-state index contributed by atoms with van der Waals surface area (Å²) in [4.78, 5) is 24.6. The average Bonchev–Trinajstić information content (AvgIpc) is 3.22. The standard InChI is InChI=1S/C23H26N6O2/c1-15-6-4-5-7-19(15)13-28-21-20(22-25-14-26-29(22)23(28)30)8-18(9-24-21)12-27-10-16(2)31-17(3)11-27/h4-9,14,16-17H,10-13H2,1-3H3. The maximum absolute atomic E-state index is 13.2. The molecule has 31 heavy (non-hydrogen) atoms. The Kier molecular flexibility index (Phi) is 5.03. The first-order valence-corrected chi connectivity index (χ1v) is 10.6. The molecule has 2 atom stereocenters. The van der Waals surface area contributed by atoms with Gasteiger partial charge in [-0.3, -0.25) is 9.47 Å². The van der Waals surface area contributed by atoms with E-state index in [4.69, 9.17) is 9.72 Å². The van der Waals surface area contributed by atoms with E-state index in [0.29, 0.717) is 17.8 Å². The molecule has 0 radical (unpaired) electrons. The van der Waals surface area contributed by atoms with Gasteiger partial charge in [0.25, 0.3) is 0 Å². The third-order valence-corrected chi connectivity index (χ3v) is 5.87. The lowest BCUT2D eigenvalue weighted by molar-refractivity contribution is -0.0705. The molecular formula is C23H26N6O2. The molecule has 0 spiro atoms. The lowest BCUT2D eigenvalue weighted by Crippen LogP contribution is -2.44. The summed E-state index contributed by atoms with van der Waals surface area (Å²) in [6, 6.07) is 10.2. The van der Waals surface area contributed by atoms with Gasteiger partial charge in [0.05, 0.1) is 24.1 Å². The smallest absolute Gasteiger partial charge is 0.352 e. The predicted molar refractivity (Wildman–Crippen MR) is 118 cm³/mol. The number of ether oxygens (including phenoxy) is 1. The second kappa shape index (κ2) is 7.86. The molecule has 3 aromatic heterocycles. The summed E-state index contributed by atoms with van der Waals surface area (Å²) in [7, 11) is 0. The van der Waals surface area contributed by atoms with Crippen LogP contribution in [0, 0.1) is 6.92 Å². The number of pyridine rings is 1. The van der Waals surface area contributed by atoms with Crippen LogP contribution < -0.4 is 5.69 Å². The number of nitrogens with zero attached hydrogens (tertiary/aromatic N) is 6. The molecule has 5 rings (SSSR count). The Morgan fingerprint density at radius 3 is 2.61 bits per heavy atom. The van der Waals surface area contributed by atoms with Gasteiger partial charge in [-0.2, -0.15) is 9.61 Å². The average molecular weight is 419 g/mol. The Bertz CT molecular complexity index is 1300. The van der Waals surface area contributed by atoms with Gasteiger partial charge in [-0.05, 0) is 43.5 Å². The van der Waals surface area contributed by atoms with E-state index in [0.717, 1.165) is 41.7 Å². The zero-order chi connectivity index (χ0) is 21.5. The van der Waals surface area contributed by atoms with Crippen molar-refractivity contribution < 1.29 is 4.74 Å². The van der Waals surface area contributed by atoms with Crippen molar-refractivity contribution in [1.29, 1.82) is 0 Å². The topological polar surface area (TPSA) is 77.5 Å². The van der Waals surface area contributed by atoms with Gasteiger partial charge in [0, 0.05) is 25.8 Å². The molecule has 1 fully saturated rings. The first kappa shape index (κ1) is 19.8. The number of hydrogen-bond acceptors (Lipinski definition) is 6. The largest absolute Gasteiger partial charge is 0.373 e. The van der Waals surface area contributed by atoms with E-state index >= 15 is 0 Å². The fraction of sp³-hybridized carbons (Fsp3) is 0.391. The van der Waals surface area contributed by atoms with Gasteiger partial charge in [-0.25, -0.2) is 14.8 Å². The quantitative estimate of drug-likeness (QED) is 0.507. The Hall–Kier alpha value is -3.10. The molecule has 1 aromatic carbocycles. The van der Waals surface area contributed by atoms with Crippen LogP contribution in [0.2, 0.25) is 0 Å². The third kappa shape index (κ3) is 3.73. The van der Waals surface area contributed by atoms with Crippen LogP contribution in [0.3, 0.4) is 0 Å². The Morgan fingerprint density at radius 2 is 1.84 bits per heavy atom. The second-order valence-electron chi connectivity index (χ2n) is 8.46. The van der Waals surface area contributed by atoms with Crippen molar-refractivity contribution in [2.75, 3.05) is 13.1 Å². The molecule has 0 N–H and O–H groups in total. The number of rotatable bonds is 4. The van der Waals surface area contributed by atoms with Crippen LogP contribution in [-0.2, 0) is 17.8 Å². The fourth-order valence-corrected chi connectivity index (χ4v) is 4.51. The molecule has 0 bridgehead atoms. The van der Waals surface area contributed by atoms with Gasteiger partial charge in [-0.15, -0.1) is 0 Å². The molecular weight excluding hydrogens is 392 g/mol. The predicted octanol–water partition coefficient (Wildman–Crippen LogP) is 2.41. The summed E-state index contributed by atoms with van der Waals surface area (Å²) in [5, 5.41) is 5.01. The van der Waals surface area contributed by atoms with E-state index in [9.17, 15) is 4.79 Å². The minimum atomic E-state index is -0.237. The summed E-state index contributed by atoms with van der Waals surface area (Å²) in [5.74, 6) is 0. The highest BCUT2D eigenvalue weighted by Gasteiger charge is 2.23. The SMILES string of the molecule is Cc1ccccc1Cn1c(=O)n2ncnc2c2cc(CN3CC(C)OC(C)C3)cnc21. The van der Waals surface area contributed by atoms with Gasteiger partial charge in [0.15, 0.2) is 5.65 Å². The Balaban J connectivity index is 1.59. The molecule has 0 aliphatic carbocycles. The first-order valence-electron chi connectivity index (χ1n) is 10.6. The van der Waals surface area contributed by atoms with Crippen molar-refractivity contribution in [1.82, 2.24) is 29.0 Å². The summed E-state index contributed by atoms with van der Waals surface area (Å²) in [6.45, 7) is 9.23. The number of fused-ring (bicyclic) bond motifs is 3. The van der Waals surface area contributed by atoms with E-state index < -0.39 is 0 Å². The number of hydrogen-bond donors (Lipinski definition) is 0. The van der Waals surface area contributed by atoms with E-state index in [1.54, 1.807) is 4.57 Å². The second-order valence-corrected chi connectivity index (χ2v) is 8.46. The highest BCUT2D eigenvalue weighted by atomic mass is 16.5. The van der Waals surface area contributed by atoms with E-state index in [-0.39, 0.29) is 17.9 Å². The summed E-state index contributed by atoms with van der Waals surface area (Å²) in [5.41, 5.74) is 4.22. The molecule has 2 unspecified atom stereocenters. The molecule has 8 nitrogen and oxygen atoms in total. The molecule has 0 amide bonds. The van der Waals surface area contributed by atoms with Crippen molar-refractivity contribution >= 4 is 16.7 Å². The van der Waals surface area contributed by atoms with Crippen molar-refractivity contribution in [2.45, 2.75) is 46.1 Å². The van der Waals surface area contributed by atoms with Crippen molar-refractivity contribution in [3.05, 3.63) is 70.0 Å². The van der Waals surface area contributed by atoms with Crippen molar-refractivity contribution in [3.8, 4) is 0 Å². The fourth-order valence-electron chi connectivity index (χ4n) is 4.51. The molecule has 1 aliphatic rings. The highest BCUT2D eigenvalue weighted by Crippen LogP contribution is 2.20. The van der Waals surface area contributed by atoms with Gasteiger partial charge in [-0.1, -0.05) is 24.3 Å². The van der Waals surface area contributed by atoms with Crippen molar-refractivity contribution in [2.24, 2.45) is 0 Å². The maximum atomic E-state index is 13.2. The molecule has 0 saturated carbocycles. The minimum absolute atomic E-state index is 0.208. The normalized spacial score (nSPS) is 20.0. The molecule has 1 aliphatic heterocycles. The number of morpholine rings is 1. The molecule has 1 saturated heterocycles. The molecule has 160 valence electrons. The van der Waals surface area contributed by atoms with Crippen LogP contribution in [0.25, 0.3) is 16.7 Å². The van der Waals surface area contributed by atoms with Crippen LogP contribution in [0.15, 0.2) is 47.7 Å². The van der Waals surface area contributed by atoms with Crippen LogP contribution in [-0.4, -0.2) is 54.3 Å². The molecule has 4 aromatic rings. The van der Waals surface area contributed by atoms with Crippen LogP contribution in [0.5, 0.6) is 0 Å². The van der Waals surface area contributed by atoms with Gasteiger partial charge in [0.1, 0.15) is 12.0 Å². The van der Waals surface area contributed by atoms with Crippen LogP contribution in [0.4, 0.5) is 0 Å². The number of aromatic nitrogens is 5. The van der Waals surface area contributed by atoms with E-state index in [2.05, 4.69) is 34.9 Å². The Morgan fingerprint density at radius 1 is 1.06 bits per heavy atom. The lowest BCUT2D eigenvalue weighted by atomic mass is 10.1. The third-order valence-electron chi connectivity index (χ3n) is 5.87. The number of benzene rings is 1. The highest BCUT2D eigenvalue weighted by molar-refractivity contribution is 5.89. The summed E-state index contributed by atoms with van der Waals surface area (Å²) < 4.78 is 8.90. The molecule has 4 heterocycles. The Labute approximate surface area is 180 Å². The van der Waals surface area contributed by atoms with E-state index in [1.165, 1.54) is 10.8 Å². The van der Waals surface area contributed by atoms with Crippen LogP contribution >= 0.6 is 0 Å². The first-order chi connectivity index (χ1) is 15.0. The van der Waals surface area contributed by atoms with Crippen LogP contribution in [0.1, 0.15) is 30.5 Å². The lowest BCUT2D eigenvalue weighted by Gasteiger charge is -2.35. The minimum Gasteiger partial charge on any atom is -0.373 e. The summed E-state index contributed by atoms with van der Waals surface area (Å²) >= 11 is 0. The zero-order valence-electron chi connectivity index (χ0n) is 18.0. The summed E-state index contributed by atoms with van der Waals surface area (Å²) in [6.07, 6.45) is 3.71. The zero-order valence-corrected chi connectivity index (χ0v) is 18.0. The van der Waals surface area contributed by atoms with E-state index in [1.807, 2.05) is 37.4 Å². The number of aryl methyl sites for hydroxylation is 1. The monoisotopic (exact) mass is 418 g/mol. The molecule has 8 heteroatoms. The maximum Gasteiger partial charge on any atom is 0.352 e.